The van der Waals surface area contributed by atoms with Gasteiger partial charge in [-0.25, -0.2) is 0 Å². The van der Waals surface area contributed by atoms with Gasteiger partial charge in [0.1, 0.15) is 3.14 Å². The van der Waals surface area contributed by atoms with Gasteiger partial charge in [0.05, 0.1) is 8.42 Å². The van der Waals surface area contributed by atoms with Crippen molar-refractivity contribution in [3.63, 3.8) is 0 Å². The van der Waals surface area contributed by atoms with Crippen molar-refractivity contribution in [3.8, 4) is 0 Å². The molecule has 2 rings (SSSR count). The summed E-state index contributed by atoms with van der Waals surface area (Å²) in [5.74, 6) is 7.66. The highest BCUT2D eigenvalue weighted by Crippen LogP contribution is 2.41. The van der Waals surface area contributed by atoms with Crippen LogP contribution in [0, 0.1) is 3.14 Å². The average molecular weight is 359 g/mol. The second-order valence-corrected chi connectivity index (χ2v) is 11.7. The van der Waals surface area contributed by atoms with Crippen molar-refractivity contribution in [1.82, 2.24) is 0 Å². The summed E-state index contributed by atoms with van der Waals surface area (Å²) in [4.78, 5) is 0. The van der Waals surface area contributed by atoms with Crippen molar-refractivity contribution in [3.05, 3.63) is 3.14 Å². The molecule has 0 unspecified atom stereocenters. The highest BCUT2D eigenvalue weighted by Gasteiger charge is 2.09. The molecule has 17 heavy (non-hydrogen) atoms. The summed E-state index contributed by atoms with van der Waals surface area (Å²) in [6, 6.07) is 0. The fourth-order valence-electron chi connectivity index (χ4n) is 1.29. The summed E-state index contributed by atoms with van der Waals surface area (Å²) in [5, 5.41) is 0. The van der Waals surface area contributed by atoms with Gasteiger partial charge in [0.25, 0.3) is 0 Å². The van der Waals surface area contributed by atoms with E-state index in [0.717, 1.165) is 3.14 Å². The minimum absolute atomic E-state index is 1.09. The van der Waals surface area contributed by atoms with Crippen LogP contribution in [0.3, 0.4) is 0 Å². The van der Waals surface area contributed by atoms with Gasteiger partial charge in [-0.2, -0.15) is 23.5 Å². The van der Waals surface area contributed by atoms with E-state index in [1.807, 2.05) is 23.5 Å². The molecule has 0 radical (unpaired) electrons. The van der Waals surface area contributed by atoms with E-state index < -0.39 is 0 Å². The Kier molecular flexibility index (Phi) is 7.77. The van der Waals surface area contributed by atoms with Gasteiger partial charge in [-0.3, -0.25) is 0 Å². The number of hydrogen-bond donors (Lipinski definition) is 0. The first-order chi connectivity index (χ1) is 8.36. The van der Waals surface area contributed by atoms with Gasteiger partial charge >= 0.3 is 0 Å². The molecule has 1 aromatic rings. The molecule has 0 fully saturated rings. The fraction of sp³-hybridized carbons (Fsp3) is 0.700. The van der Waals surface area contributed by atoms with E-state index in [2.05, 4.69) is 23.5 Å². The lowest BCUT2D eigenvalue weighted by Crippen LogP contribution is -1.90. The molecule has 0 bridgehead atoms. The highest BCUT2D eigenvalue weighted by atomic mass is 32.2. The third-order valence-electron chi connectivity index (χ3n) is 2.02. The van der Waals surface area contributed by atoms with Gasteiger partial charge in [0, 0.05) is 23.0 Å². The van der Waals surface area contributed by atoms with Gasteiger partial charge < -0.3 is 0 Å². The molecule has 7 heteroatoms. The first-order valence-corrected chi connectivity index (χ1v) is 11.7. The summed E-state index contributed by atoms with van der Waals surface area (Å²) < 4.78 is 4.02. The van der Waals surface area contributed by atoms with Gasteiger partial charge in [-0.15, -0.1) is 46.2 Å². The second kappa shape index (κ2) is 8.76. The maximum Gasteiger partial charge on any atom is 0.145 e. The minimum atomic E-state index is 1.09. The molecule has 0 saturated carbocycles. The number of hydrogen-bond acceptors (Lipinski definition) is 7. The Morgan fingerprint density at radius 3 is 1.76 bits per heavy atom. The van der Waals surface area contributed by atoms with E-state index in [1.165, 1.54) is 49.4 Å². The molecule has 0 atom stereocenters. The summed E-state index contributed by atoms with van der Waals surface area (Å²) in [7, 11) is 0. The average Bonchev–Trinajstić information content (AvgIpc) is 2.66. The van der Waals surface area contributed by atoms with E-state index >= 15 is 0 Å². The molecule has 0 aromatic carbocycles. The first-order valence-electron chi connectivity index (χ1n) is 5.41. The smallest absolute Gasteiger partial charge is 0.145 e. The Morgan fingerprint density at radius 1 is 0.706 bits per heavy atom. The van der Waals surface area contributed by atoms with Crippen LogP contribution in [-0.4, -0.2) is 34.5 Å². The molecular weight excluding hydrogens is 345 g/mol. The molecule has 0 nitrogen and oxygen atoms in total. The summed E-state index contributed by atoms with van der Waals surface area (Å²) in [6.45, 7) is 0. The lowest BCUT2D eigenvalue weighted by Gasteiger charge is -2.01. The standard InChI is InChI=1S/C10H14S7/c11-10-16-8-9(17-10)15-7-5-13-3-1-2-12-4-6-14-8/h1-7H2. The van der Waals surface area contributed by atoms with Crippen LogP contribution in [0.4, 0.5) is 0 Å². The lowest BCUT2D eigenvalue weighted by molar-refractivity contribution is 1.12. The van der Waals surface area contributed by atoms with Crippen LogP contribution < -0.4 is 0 Å². The number of rotatable bonds is 0. The van der Waals surface area contributed by atoms with E-state index in [4.69, 9.17) is 12.2 Å². The van der Waals surface area contributed by atoms with Crippen LogP contribution in [-0.2, 0) is 0 Å². The van der Waals surface area contributed by atoms with Crippen LogP contribution in [0.5, 0.6) is 0 Å². The van der Waals surface area contributed by atoms with E-state index in [-0.39, 0.29) is 0 Å². The topological polar surface area (TPSA) is 0 Å². The maximum atomic E-state index is 5.31. The summed E-state index contributed by atoms with van der Waals surface area (Å²) in [6.07, 6.45) is 1.37. The molecule has 1 aliphatic heterocycles. The van der Waals surface area contributed by atoms with Crippen LogP contribution >= 0.6 is 81.9 Å². The van der Waals surface area contributed by atoms with Crippen molar-refractivity contribution in [2.45, 2.75) is 14.8 Å². The zero-order chi connectivity index (χ0) is 11.9. The number of thioether (sulfide) groups is 4. The molecular formula is C10H14S7. The molecule has 96 valence electrons. The van der Waals surface area contributed by atoms with E-state index in [0.29, 0.717) is 0 Å². The third kappa shape index (κ3) is 5.67. The van der Waals surface area contributed by atoms with Crippen LogP contribution in [0.15, 0.2) is 8.42 Å². The Balaban J connectivity index is 1.97. The van der Waals surface area contributed by atoms with Crippen molar-refractivity contribution in [2.75, 3.05) is 34.5 Å². The van der Waals surface area contributed by atoms with Crippen molar-refractivity contribution in [2.24, 2.45) is 0 Å². The first kappa shape index (κ1) is 15.1. The molecule has 1 aliphatic rings. The van der Waals surface area contributed by atoms with Crippen LogP contribution in [0.25, 0.3) is 0 Å². The predicted octanol–water partition coefficient (Wildman–Crippen LogP) is 5.59. The van der Waals surface area contributed by atoms with Gasteiger partial charge in [-0.1, -0.05) is 12.2 Å². The zero-order valence-electron chi connectivity index (χ0n) is 9.31. The third-order valence-corrected chi connectivity index (χ3v) is 10.3. The molecule has 0 amide bonds. The Bertz CT molecular complexity index is 348. The summed E-state index contributed by atoms with van der Waals surface area (Å²) >= 11 is 17.1. The van der Waals surface area contributed by atoms with Gasteiger partial charge in [-0.05, 0) is 17.9 Å². The molecule has 2 heterocycles. The summed E-state index contributed by atoms with van der Waals surface area (Å²) in [5.41, 5.74) is 0. The molecule has 0 N–H and O–H groups in total. The highest BCUT2D eigenvalue weighted by molar-refractivity contribution is 8.07. The van der Waals surface area contributed by atoms with Crippen molar-refractivity contribution in [1.29, 1.82) is 0 Å². The molecule has 0 saturated heterocycles. The largest absolute Gasteiger partial charge is 0.161 e. The van der Waals surface area contributed by atoms with Crippen molar-refractivity contribution < 1.29 is 0 Å². The molecule has 0 spiro atoms. The quantitative estimate of drug-likeness (QED) is 0.552. The normalized spacial score (nSPS) is 19.8. The zero-order valence-corrected chi connectivity index (χ0v) is 15.0. The predicted molar refractivity (Wildman–Crippen MR) is 93.7 cm³/mol. The Labute approximate surface area is 133 Å². The Hall–Kier alpha value is 1.67. The number of fused-ring (bicyclic) bond motifs is 1. The Morgan fingerprint density at radius 2 is 1.24 bits per heavy atom. The molecule has 1 aromatic heterocycles. The second-order valence-electron chi connectivity index (χ2n) is 3.30. The van der Waals surface area contributed by atoms with E-state index in [1.54, 1.807) is 22.7 Å². The van der Waals surface area contributed by atoms with Crippen molar-refractivity contribution >= 4 is 81.9 Å². The lowest BCUT2D eigenvalue weighted by atomic mass is 10.6. The maximum absolute atomic E-state index is 5.31. The minimum Gasteiger partial charge on any atom is -0.161 e. The molecule has 0 aliphatic carbocycles. The van der Waals surface area contributed by atoms with E-state index in [9.17, 15) is 0 Å². The monoisotopic (exact) mass is 358 g/mol. The van der Waals surface area contributed by atoms with Gasteiger partial charge in [0.15, 0.2) is 0 Å². The van der Waals surface area contributed by atoms with Crippen LogP contribution in [0.2, 0.25) is 0 Å². The SMILES string of the molecule is S=c1sc2c(s1)SCCSCCCSCCS2. The van der Waals surface area contributed by atoms with Gasteiger partial charge in [0.2, 0.25) is 0 Å². The van der Waals surface area contributed by atoms with Crippen LogP contribution in [0.1, 0.15) is 6.42 Å². The fourth-order valence-corrected chi connectivity index (χ4v) is 9.74.